The number of carbonyl (C=O) groups is 1. The summed E-state index contributed by atoms with van der Waals surface area (Å²) < 4.78 is 15.5. The molecule has 0 heterocycles. The minimum atomic E-state index is -1.50. The normalized spacial score (nSPS) is 12.1. The van der Waals surface area contributed by atoms with Crippen LogP contribution in [0, 0.1) is 0 Å². The van der Waals surface area contributed by atoms with Crippen LogP contribution in [0.25, 0.3) is 0 Å². The topological polar surface area (TPSA) is 63.6 Å². The van der Waals surface area contributed by atoms with E-state index >= 15 is 0 Å². The molecule has 0 bridgehead atoms. The van der Waals surface area contributed by atoms with E-state index in [9.17, 15) is 9.00 Å². The zero-order chi connectivity index (χ0) is 10.7. The van der Waals surface area contributed by atoms with E-state index < -0.39 is 17.0 Å². The van der Waals surface area contributed by atoms with Gasteiger partial charge >= 0.3 is 5.97 Å². The van der Waals surface area contributed by atoms with Gasteiger partial charge in [-0.1, -0.05) is 11.6 Å². The first-order chi connectivity index (χ1) is 6.49. The molecule has 1 N–H and O–H groups in total. The molecular weight excluding hydrogens is 228 g/mol. The molecule has 0 amide bonds. The average molecular weight is 235 g/mol. The van der Waals surface area contributed by atoms with Crippen LogP contribution in [0.4, 0.5) is 0 Å². The predicted octanol–water partition coefficient (Wildman–Crippen LogP) is 1.71. The third-order valence-corrected chi connectivity index (χ3v) is 1.98. The molecule has 0 aliphatic rings. The molecule has 1 unspecified atom stereocenters. The summed E-state index contributed by atoms with van der Waals surface area (Å²) in [4.78, 5) is 10.6. The maximum atomic E-state index is 10.7. The SMILES string of the molecule is CS(=O)Oc1cc(Cl)cc(C(=O)O)c1. The van der Waals surface area contributed by atoms with Crippen molar-refractivity contribution in [2.75, 3.05) is 6.26 Å². The van der Waals surface area contributed by atoms with Gasteiger partial charge in [-0.15, -0.1) is 0 Å². The van der Waals surface area contributed by atoms with Gasteiger partial charge in [0.15, 0.2) is 0 Å². The van der Waals surface area contributed by atoms with Gasteiger partial charge in [0.2, 0.25) is 11.1 Å². The quantitative estimate of drug-likeness (QED) is 0.865. The Bertz CT molecular complexity index is 391. The lowest BCUT2D eigenvalue weighted by Gasteiger charge is -2.03. The maximum Gasteiger partial charge on any atom is 0.335 e. The van der Waals surface area contributed by atoms with Gasteiger partial charge in [0, 0.05) is 17.3 Å². The van der Waals surface area contributed by atoms with Crippen LogP contribution in [0.5, 0.6) is 5.75 Å². The van der Waals surface area contributed by atoms with Crippen molar-refractivity contribution in [2.24, 2.45) is 0 Å². The second kappa shape index (κ2) is 4.43. The third kappa shape index (κ3) is 3.01. The number of carboxylic acid groups (broad SMARTS) is 1. The van der Waals surface area contributed by atoms with E-state index in [4.69, 9.17) is 20.9 Å². The number of halogens is 1. The number of hydrogen-bond acceptors (Lipinski definition) is 3. The van der Waals surface area contributed by atoms with Crippen LogP contribution in [0.15, 0.2) is 18.2 Å². The summed E-state index contributed by atoms with van der Waals surface area (Å²) in [6, 6.07) is 3.94. The van der Waals surface area contributed by atoms with Crippen LogP contribution in [0.3, 0.4) is 0 Å². The molecule has 0 saturated heterocycles. The second-order valence-corrected chi connectivity index (χ2v) is 3.87. The largest absolute Gasteiger partial charge is 0.478 e. The summed E-state index contributed by atoms with van der Waals surface area (Å²) in [6.07, 6.45) is 1.33. The van der Waals surface area contributed by atoms with E-state index in [-0.39, 0.29) is 16.3 Å². The van der Waals surface area contributed by atoms with Crippen molar-refractivity contribution in [3.63, 3.8) is 0 Å². The van der Waals surface area contributed by atoms with Gasteiger partial charge < -0.3 is 9.29 Å². The van der Waals surface area contributed by atoms with Gasteiger partial charge in [-0.05, 0) is 12.1 Å². The van der Waals surface area contributed by atoms with Crippen LogP contribution in [0.1, 0.15) is 10.4 Å². The lowest BCUT2D eigenvalue weighted by atomic mass is 10.2. The fraction of sp³-hybridized carbons (Fsp3) is 0.125. The highest BCUT2D eigenvalue weighted by atomic mass is 35.5. The van der Waals surface area contributed by atoms with Gasteiger partial charge in [-0.3, -0.25) is 0 Å². The lowest BCUT2D eigenvalue weighted by molar-refractivity contribution is 0.0696. The minimum Gasteiger partial charge on any atom is -0.478 e. The highest BCUT2D eigenvalue weighted by molar-refractivity contribution is 7.79. The molecule has 1 rings (SSSR count). The molecule has 4 nitrogen and oxygen atoms in total. The Morgan fingerprint density at radius 2 is 2.14 bits per heavy atom. The Balaban J connectivity index is 3.07. The van der Waals surface area contributed by atoms with Crippen molar-refractivity contribution in [1.82, 2.24) is 0 Å². The zero-order valence-electron chi connectivity index (χ0n) is 7.19. The molecule has 14 heavy (non-hydrogen) atoms. The van der Waals surface area contributed by atoms with Crippen molar-refractivity contribution >= 4 is 28.7 Å². The Labute approximate surface area is 88.1 Å². The third-order valence-electron chi connectivity index (χ3n) is 1.33. The highest BCUT2D eigenvalue weighted by Gasteiger charge is 2.07. The predicted molar refractivity (Wildman–Crippen MR) is 53.1 cm³/mol. The van der Waals surface area contributed by atoms with E-state index in [1.807, 2.05) is 0 Å². The Hall–Kier alpha value is -1.07. The molecule has 1 aromatic carbocycles. The molecule has 6 heteroatoms. The Kier molecular flexibility index (Phi) is 3.49. The maximum absolute atomic E-state index is 10.7. The van der Waals surface area contributed by atoms with E-state index in [2.05, 4.69) is 0 Å². The summed E-state index contributed by atoms with van der Waals surface area (Å²) in [5, 5.41) is 8.90. The molecule has 76 valence electrons. The van der Waals surface area contributed by atoms with Gasteiger partial charge in [0.25, 0.3) is 0 Å². The van der Waals surface area contributed by atoms with E-state index in [0.29, 0.717) is 0 Å². The molecule has 0 spiro atoms. The number of carboxylic acids is 1. The van der Waals surface area contributed by atoms with Gasteiger partial charge in [-0.2, -0.15) is 0 Å². The van der Waals surface area contributed by atoms with E-state index in [0.717, 1.165) is 0 Å². The first kappa shape index (κ1) is 11.0. The molecular formula is C8H7ClO4S. The van der Waals surface area contributed by atoms with Crippen LogP contribution in [-0.4, -0.2) is 21.5 Å². The molecule has 1 aromatic rings. The summed E-state index contributed by atoms with van der Waals surface area (Å²) in [5.41, 5.74) is -0.00190. The number of benzene rings is 1. The number of hydrogen-bond donors (Lipinski definition) is 1. The molecule has 0 aliphatic carbocycles. The highest BCUT2D eigenvalue weighted by Crippen LogP contribution is 2.21. The molecule has 1 atom stereocenters. The molecule has 0 fully saturated rings. The van der Waals surface area contributed by atoms with Crippen molar-refractivity contribution in [2.45, 2.75) is 0 Å². The fourth-order valence-electron chi connectivity index (χ4n) is 0.870. The Morgan fingerprint density at radius 3 is 2.64 bits per heavy atom. The smallest absolute Gasteiger partial charge is 0.335 e. The van der Waals surface area contributed by atoms with Crippen molar-refractivity contribution in [1.29, 1.82) is 0 Å². The van der Waals surface area contributed by atoms with E-state index in [1.54, 1.807) is 0 Å². The van der Waals surface area contributed by atoms with Gasteiger partial charge in [0.05, 0.1) is 5.56 Å². The number of rotatable bonds is 3. The zero-order valence-corrected chi connectivity index (χ0v) is 8.76. The number of aromatic carboxylic acids is 1. The monoisotopic (exact) mass is 234 g/mol. The van der Waals surface area contributed by atoms with E-state index in [1.165, 1.54) is 24.5 Å². The summed E-state index contributed by atoms with van der Waals surface area (Å²) >= 11 is 4.14. The fourth-order valence-corrected chi connectivity index (χ4v) is 1.46. The Morgan fingerprint density at radius 1 is 1.50 bits per heavy atom. The molecule has 0 radical (unpaired) electrons. The van der Waals surface area contributed by atoms with Crippen molar-refractivity contribution in [3.05, 3.63) is 28.8 Å². The second-order valence-electron chi connectivity index (χ2n) is 2.47. The summed E-state index contributed by atoms with van der Waals surface area (Å²) in [6.45, 7) is 0. The van der Waals surface area contributed by atoms with Crippen LogP contribution >= 0.6 is 11.6 Å². The van der Waals surface area contributed by atoms with Crippen molar-refractivity contribution in [3.8, 4) is 5.75 Å². The van der Waals surface area contributed by atoms with Gasteiger partial charge in [0.1, 0.15) is 5.75 Å². The van der Waals surface area contributed by atoms with Crippen LogP contribution < -0.4 is 4.18 Å². The summed E-state index contributed by atoms with van der Waals surface area (Å²) in [5.74, 6) is -0.935. The van der Waals surface area contributed by atoms with Crippen LogP contribution in [0.2, 0.25) is 5.02 Å². The molecule has 0 aromatic heterocycles. The van der Waals surface area contributed by atoms with Gasteiger partial charge in [-0.25, -0.2) is 9.00 Å². The molecule has 0 saturated carbocycles. The van der Waals surface area contributed by atoms with Crippen molar-refractivity contribution < 1.29 is 18.3 Å². The molecule has 0 aliphatic heterocycles. The summed E-state index contributed by atoms with van der Waals surface area (Å²) in [7, 11) is 0. The minimum absolute atomic E-state index is 0.00190. The average Bonchev–Trinajstić information content (AvgIpc) is 2.01. The van der Waals surface area contributed by atoms with Crippen LogP contribution in [-0.2, 0) is 11.1 Å². The standard InChI is InChI=1S/C8H7ClO4S/c1-14(12)13-7-3-5(8(10)11)2-6(9)4-7/h2-4H,1H3,(H,10,11). The first-order valence-electron chi connectivity index (χ1n) is 3.54. The lowest BCUT2D eigenvalue weighted by Crippen LogP contribution is -2.00. The first-order valence-corrected chi connectivity index (χ1v) is 5.41.